The van der Waals surface area contributed by atoms with E-state index in [4.69, 9.17) is 14.2 Å². The molecule has 620 valence electrons. The zero-order valence-electron chi connectivity index (χ0n) is 67.8. The summed E-state index contributed by atoms with van der Waals surface area (Å²) in [5, 5.41) is 141. The fourth-order valence-corrected chi connectivity index (χ4v) is 29.8. The molecule has 0 bridgehead atoms. The van der Waals surface area contributed by atoms with Gasteiger partial charge in [-0.15, -0.1) is 15.3 Å². The number of fused-ring (bicyclic) bond motifs is 15. The summed E-state index contributed by atoms with van der Waals surface area (Å²) >= 11 is 0. The SMILES string of the molecule is C[C@H](CCC(=O)O)[C@H]1CC[C@H]2[C@@H]3[C@H](O)C[C@@H]4C[C@H](n5cc(COCC(CO)(COCc6cn([C@@H]7CC[C@@]8(C)[C@@H](C7)C[C@@H](O)[C@@H]7[C@@H]8C[C@H](O)[C@]8(C)[C@@H]([C@H](C)CCC(=O)O)CC[C@@H]78)nn6)COCc6cn([C@@H]7CC[C@@]8(C)[C@@H](C7)C[C@@H](O)[C@@H]7[C@@H]8C[C@H](O)[C@]8(C)[C@@H]([C@H](C)CCC(=O)O)CC[C@@H]78)nn6)nn5)CC[C@]4(C)[C@H]3C[C@H](O)[C@]12C. The molecule has 12 aliphatic rings. The van der Waals surface area contributed by atoms with Gasteiger partial charge >= 0.3 is 17.9 Å². The third-order valence-corrected chi connectivity index (χ3v) is 36.1. The second kappa shape index (κ2) is 31.4. The number of aromatic nitrogens is 9. The largest absolute Gasteiger partial charge is 0.481 e. The first-order chi connectivity index (χ1) is 52.8. The lowest BCUT2D eigenvalue weighted by Gasteiger charge is -2.63. The Kier molecular flexibility index (Phi) is 23.1. The number of hydrogen-bond acceptors (Lipinski definition) is 19. The average Bonchev–Trinajstić information content (AvgIpc) is 1.67. The van der Waals surface area contributed by atoms with Crippen LogP contribution in [0.4, 0.5) is 0 Å². The lowest BCUT2D eigenvalue weighted by atomic mass is 9.43. The van der Waals surface area contributed by atoms with Crippen LogP contribution >= 0.6 is 0 Å². The fourth-order valence-electron chi connectivity index (χ4n) is 29.8. The number of nitrogens with zero attached hydrogens (tertiary/aromatic N) is 9. The number of aliphatic hydroxyl groups excluding tert-OH is 7. The van der Waals surface area contributed by atoms with Crippen LogP contribution in [0.15, 0.2) is 18.6 Å². The maximum absolute atomic E-state index is 12.2. The second-order valence-electron chi connectivity index (χ2n) is 41.0. The normalized spacial score (nSPS) is 44.5. The first-order valence-corrected chi connectivity index (χ1v) is 43.6. The number of hydrogen-bond donors (Lipinski definition) is 10. The molecule has 33 atom stereocenters. The van der Waals surface area contributed by atoms with Crippen LogP contribution in [0.1, 0.15) is 271 Å². The van der Waals surface area contributed by atoms with Crippen molar-refractivity contribution in [1.82, 2.24) is 45.0 Å². The highest BCUT2D eigenvalue weighted by Gasteiger charge is 2.70. The molecular formula is C86H135N9O16. The van der Waals surface area contributed by atoms with Gasteiger partial charge in [-0.3, -0.25) is 14.4 Å². The highest BCUT2D eigenvalue weighted by atomic mass is 16.5. The van der Waals surface area contributed by atoms with Crippen LogP contribution in [0.5, 0.6) is 0 Å². The van der Waals surface area contributed by atoms with Crippen molar-refractivity contribution >= 4 is 17.9 Å². The fraction of sp³-hybridized carbons (Fsp3) is 0.895. The highest BCUT2D eigenvalue weighted by Crippen LogP contribution is 2.73. The number of carboxylic acid groups (broad SMARTS) is 3. The van der Waals surface area contributed by atoms with E-state index >= 15 is 0 Å². The Morgan fingerprint density at radius 3 is 0.964 bits per heavy atom. The van der Waals surface area contributed by atoms with Gasteiger partial charge in [0, 0.05) is 19.3 Å². The smallest absolute Gasteiger partial charge is 0.303 e. The standard InChI is InChI=1S/C86H135N9O16/c1-47(10-19-74(103)104)59-13-16-62-77-65(34-71(100)83(59,62)7)80(4)25-22-56(28-50(80)31-68(77)97)93-37-53(87-90-93)40-109-44-86(43-96,45-110-41-54-38-94(91-88-54)57-23-26-81(5)51(29-57)32-69(98)78-63-17-14-60(48(2)11-20-75(105)106)84(63,8)72(101)35-66(78)81)46-111-42-55-39-95(92-89-55)58-24-27-82(6)52(30-58)33-70(99)79-64-18-15-61(49(3)12-21-76(107)108)85(64,9)73(102)36-67(79)82/h37-39,47-52,56-73,77-79,96-102H,10-36,40-46H2,1-9H3,(H,103,104)(H,105,106)(H,107,108)/t47-,48-,49-,50+,51+,52+,56-,57-,58-,59-,60-,61-,62+,63+,64+,65+,66+,67+,68-,69-,70-,71+,72+,73+,77+,78+,79+,80+,81+,82+,83-,84-,85-/m1/s1. The van der Waals surface area contributed by atoms with Crippen LogP contribution in [-0.4, -0.2) is 177 Å². The van der Waals surface area contributed by atoms with Gasteiger partial charge < -0.3 is 65.3 Å². The Bertz CT molecular complexity index is 3390. The van der Waals surface area contributed by atoms with Crippen LogP contribution in [0.25, 0.3) is 0 Å². The van der Waals surface area contributed by atoms with Crippen molar-refractivity contribution in [3.05, 3.63) is 35.7 Å². The molecule has 25 heteroatoms. The third kappa shape index (κ3) is 14.3. The third-order valence-electron chi connectivity index (χ3n) is 36.1. The van der Waals surface area contributed by atoms with E-state index < -0.39 is 59.9 Å². The van der Waals surface area contributed by atoms with Crippen molar-refractivity contribution in [3.63, 3.8) is 0 Å². The average molecular weight is 1550 g/mol. The zero-order valence-corrected chi connectivity index (χ0v) is 67.8. The van der Waals surface area contributed by atoms with Crippen molar-refractivity contribution in [1.29, 1.82) is 0 Å². The molecule has 15 rings (SSSR count). The van der Waals surface area contributed by atoms with Gasteiger partial charge in [0.2, 0.25) is 0 Å². The molecule has 0 aromatic carbocycles. The summed E-state index contributed by atoms with van der Waals surface area (Å²) in [6.45, 7) is 20.5. The molecule has 25 nitrogen and oxygen atoms in total. The molecule has 3 heterocycles. The predicted octanol–water partition coefficient (Wildman–Crippen LogP) is 11.3. The topological polar surface area (TPSA) is 373 Å². The van der Waals surface area contributed by atoms with Gasteiger partial charge in [-0.2, -0.15) is 0 Å². The Morgan fingerprint density at radius 2 is 0.703 bits per heavy atom. The molecular weight excluding hydrogens is 1410 g/mol. The molecule has 12 fully saturated rings. The monoisotopic (exact) mass is 1550 g/mol. The lowest BCUT2D eigenvalue weighted by Crippen LogP contribution is -2.62. The Labute approximate surface area is 656 Å². The summed E-state index contributed by atoms with van der Waals surface area (Å²) in [4.78, 5) is 34.8. The van der Waals surface area contributed by atoms with E-state index in [1.165, 1.54) is 0 Å². The first kappa shape index (κ1) is 81.6. The van der Waals surface area contributed by atoms with E-state index in [-0.39, 0.29) is 223 Å². The molecule has 111 heavy (non-hydrogen) atoms. The van der Waals surface area contributed by atoms with Crippen LogP contribution in [0, 0.1) is 144 Å². The van der Waals surface area contributed by atoms with Gasteiger partial charge in [-0.05, 0) is 293 Å². The van der Waals surface area contributed by atoms with Gasteiger partial charge in [0.1, 0.15) is 17.1 Å². The highest BCUT2D eigenvalue weighted by molar-refractivity contribution is 5.67. The minimum absolute atomic E-state index is 0.0484. The molecule has 0 spiro atoms. The number of carboxylic acids is 3. The molecule has 0 aliphatic heterocycles. The summed E-state index contributed by atoms with van der Waals surface area (Å²) in [7, 11) is 0. The summed E-state index contributed by atoms with van der Waals surface area (Å²) < 4.78 is 25.5. The van der Waals surface area contributed by atoms with Gasteiger partial charge in [0.25, 0.3) is 0 Å². The number of aliphatic hydroxyl groups is 7. The van der Waals surface area contributed by atoms with Crippen molar-refractivity contribution in [2.75, 3.05) is 26.4 Å². The summed E-state index contributed by atoms with van der Waals surface area (Å²) in [5.41, 5.74) is -0.452. The summed E-state index contributed by atoms with van der Waals surface area (Å²) in [6, 6.07) is 0.174. The van der Waals surface area contributed by atoms with Crippen LogP contribution in [0.3, 0.4) is 0 Å². The van der Waals surface area contributed by atoms with E-state index in [1.807, 2.05) is 32.6 Å². The molecule has 0 unspecified atom stereocenters. The quantitative estimate of drug-likeness (QED) is 0.0323. The van der Waals surface area contributed by atoms with Crippen LogP contribution in [-0.2, 0) is 48.4 Å². The molecule has 10 N–H and O–H groups in total. The molecule has 0 radical (unpaired) electrons. The van der Waals surface area contributed by atoms with E-state index in [0.29, 0.717) is 74.9 Å². The van der Waals surface area contributed by atoms with E-state index in [2.05, 4.69) is 93.2 Å². The van der Waals surface area contributed by atoms with Gasteiger partial charge in [-0.25, -0.2) is 14.0 Å². The van der Waals surface area contributed by atoms with E-state index in [1.54, 1.807) is 0 Å². The molecule has 0 saturated heterocycles. The van der Waals surface area contributed by atoms with Crippen molar-refractivity contribution in [2.45, 2.75) is 310 Å². The maximum Gasteiger partial charge on any atom is 0.303 e. The van der Waals surface area contributed by atoms with Gasteiger partial charge in [-0.1, -0.05) is 78.0 Å². The lowest BCUT2D eigenvalue weighted by molar-refractivity contribution is -0.204. The van der Waals surface area contributed by atoms with Crippen molar-refractivity contribution < 1.29 is 79.7 Å². The van der Waals surface area contributed by atoms with Crippen LogP contribution < -0.4 is 0 Å². The molecule has 3 aromatic rings. The molecule has 12 aliphatic carbocycles. The minimum atomic E-state index is -1.05. The summed E-state index contributed by atoms with van der Waals surface area (Å²) in [6.07, 6.45) is 22.6. The molecule has 12 saturated carbocycles. The zero-order chi connectivity index (χ0) is 78.8. The second-order valence-corrected chi connectivity index (χ2v) is 41.0. The van der Waals surface area contributed by atoms with Crippen LogP contribution in [0.2, 0.25) is 0 Å². The Morgan fingerprint density at radius 1 is 0.423 bits per heavy atom. The molecule has 0 amide bonds. The number of aliphatic carboxylic acids is 3. The van der Waals surface area contributed by atoms with Gasteiger partial charge in [0.05, 0.1) is 125 Å². The van der Waals surface area contributed by atoms with Gasteiger partial charge in [0.15, 0.2) is 0 Å². The maximum atomic E-state index is 12.2. The van der Waals surface area contributed by atoms with Crippen molar-refractivity contribution in [2.24, 2.45) is 144 Å². The minimum Gasteiger partial charge on any atom is -0.481 e. The van der Waals surface area contributed by atoms with Crippen molar-refractivity contribution in [3.8, 4) is 0 Å². The number of ether oxygens (including phenoxy) is 3. The number of carbonyl (C=O) groups is 3. The van der Waals surface area contributed by atoms with E-state index in [9.17, 15) is 65.4 Å². The Hall–Kier alpha value is -4.57. The molecule has 3 aromatic heterocycles. The predicted molar refractivity (Wildman–Crippen MR) is 408 cm³/mol. The summed E-state index contributed by atoms with van der Waals surface area (Å²) in [5.74, 6) is 0.737. The van der Waals surface area contributed by atoms with E-state index in [0.717, 1.165) is 96.3 Å². The Balaban J connectivity index is 0.588. The first-order valence-electron chi connectivity index (χ1n) is 43.6. The number of rotatable bonds is 28.